The minimum absolute atomic E-state index is 0.00581. The van der Waals surface area contributed by atoms with Crippen molar-refractivity contribution in [2.45, 2.75) is 25.4 Å². The van der Waals surface area contributed by atoms with Gasteiger partial charge in [0.2, 0.25) is 0 Å². The highest BCUT2D eigenvalue weighted by Gasteiger charge is 2.37. The molecule has 4 rings (SSSR count). The van der Waals surface area contributed by atoms with Crippen molar-refractivity contribution in [1.82, 2.24) is 30.2 Å². The predicted octanol–water partition coefficient (Wildman–Crippen LogP) is 5.99. The topological polar surface area (TPSA) is 113 Å². The Bertz CT molecular complexity index is 1580. The number of rotatable bonds is 9. The molecule has 2 aromatic carbocycles. The highest BCUT2D eigenvalue weighted by atomic mass is 35.5. The molecule has 9 nitrogen and oxygen atoms in total. The minimum Gasteiger partial charge on any atom is -0.465 e. The minimum atomic E-state index is -5.06. The van der Waals surface area contributed by atoms with E-state index in [1.165, 1.54) is 29.4 Å². The molecule has 0 unspecified atom stereocenters. The average molecular weight is 627 g/mol. The summed E-state index contributed by atoms with van der Waals surface area (Å²) in [5, 5.41) is 19.3. The number of hydrogen-bond acceptors (Lipinski definition) is 5. The second-order valence-electron chi connectivity index (χ2n) is 9.14. The Morgan fingerprint density at radius 3 is 2.16 bits per heavy atom. The van der Waals surface area contributed by atoms with Crippen molar-refractivity contribution in [2.24, 2.45) is 0 Å². The molecular formula is C27H21ClF6N6O3. The van der Waals surface area contributed by atoms with Crippen LogP contribution in [0.1, 0.15) is 32.7 Å². The van der Waals surface area contributed by atoms with Crippen molar-refractivity contribution in [3.05, 3.63) is 100.0 Å². The fourth-order valence-corrected chi connectivity index (χ4v) is 4.37. The van der Waals surface area contributed by atoms with E-state index in [1.54, 1.807) is 24.3 Å². The summed E-state index contributed by atoms with van der Waals surface area (Å²) in [5.41, 5.74) is -2.86. The van der Waals surface area contributed by atoms with E-state index in [1.807, 2.05) is 0 Å². The summed E-state index contributed by atoms with van der Waals surface area (Å²) in [7, 11) is 0. The maximum absolute atomic E-state index is 13.8. The van der Waals surface area contributed by atoms with Crippen molar-refractivity contribution < 1.29 is 41.0 Å². The first-order valence-corrected chi connectivity index (χ1v) is 12.7. The molecule has 0 saturated heterocycles. The van der Waals surface area contributed by atoms with Crippen molar-refractivity contribution >= 4 is 23.6 Å². The molecule has 0 fully saturated rings. The van der Waals surface area contributed by atoms with Gasteiger partial charge in [0.1, 0.15) is 5.69 Å². The molecule has 0 bridgehead atoms. The van der Waals surface area contributed by atoms with Crippen LogP contribution < -0.4 is 5.32 Å². The monoisotopic (exact) mass is 626 g/mol. The molecule has 4 aromatic rings. The third kappa shape index (κ3) is 7.80. The van der Waals surface area contributed by atoms with E-state index < -0.39 is 42.0 Å². The number of benzene rings is 2. The van der Waals surface area contributed by atoms with Gasteiger partial charge in [0.15, 0.2) is 5.69 Å². The van der Waals surface area contributed by atoms with E-state index in [-0.39, 0.29) is 42.7 Å². The van der Waals surface area contributed by atoms with Gasteiger partial charge in [-0.1, -0.05) is 35.0 Å². The maximum Gasteiger partial charge on any atom is 0.416 e. The molecule has 2 N–H and O–H groups in total. The fraction of sp³-hybridized carbons (Fsp3) is 0.222. The Balaban J connectivity index is 1.78. The van der Waals surface area contributed by atoms with Gasteiger partial charge >= 0.3 is 18.4 Å². The highest BCUT2D eigenvalue weighted by Crippen LogP contribution is 2.37. The average Bonchev–Trinajstić information content (AvgIpc) is 3.35. The zero-order valence-corrected chi connectivity index (χ0v) is 22.6. The van der Waals surface area contributed by atoms with E-state index in [2.05, 4.69) is 20.6 Å². The molecule has 0 aliphatic carbocycles. The van der Waals surface area contributed by atoms with Crippen LogP contribution in [-0.2, 0) is 25.4 Å². The summed E-state index contributed by atoms with van der Waals surface area (Å²) >= 11 is 6.27. The van der Waals surface area contributed by atoms with Gasteiger partial charge in [-0.3, -0.25) is 9.78 Å². The smallest absolute Gasteiger partial charge is 0.416 e. The number of nitrogens with zero attached hydrogens (tertiary/aromatic N) is 5. The van der Waals surface area contributed by atoms with E-state index in [4.69, 9.17) is 16.7 Å². The Morgan fingerprint density at radius 1 is 0.953 bits per heavy atom. The quantitative estimate of drug-likeness (QED) is 0.221. The molecule has 0 saturated carbocycles. The van der Waals surface area contributed by atoms with Crippen LogP contribution in [0.15, 0.2) is 67.0 Å². The Hall–Kier alpha value is -4.66. The number of aromatic nitrogens is 4. The Labute approximate surface area is 244 Å². The second-order valence-corrected chi connectivity index (χ2v) is 9.55. The molecular weight excluding hydrogens is 606 g/mol. The summed E-state index contributed by atoms with van der Waals surface area (Å²) in [4.78, 5) is 30.0. The lowest BCUT2D eigenvalue weighted by Gasteiger charge is -2.23. The third-order valence-electron chi connectivity index (χ3n) is 6.14. The van der Waals surface area contributed by atoms with Gasteiger partial charge in [-0.05, 0) is 47.5 Å². The van der Waals surface area contributed by atoms with Crippen LogP contribution in [0.25, 0.3) is 11.3 Å². The van der Waals surface area contributed by atoms with Gasteiger partial charge in [0, 0.05) is 42.6 Å². The normalized spacial score (nSPS) is 11.8. The fourth-order valence-electron chi connectivity index (χ4n) is 4.18. The highest BCUT2D eigenvalue weighted by molar-refractivity contribution is 6.31. The molecule has 0 radical (unpaired) electrons. The van der Waals surface area contributed by atoms with Crippen LogP contribution in [0, 0.1) is 0 Å². The van der Waals surface area contributed by atoms with Crippen molar-refractivity contribution in [3.8, 4) is 11.3 Å². The Kier molecular flexibility index (Phi) is 9.23. The van der Waals surface area contributed by atoms with Crippen molar-refractivity contribution in [1.29, 1.82) is 0 Å². The molecule has 0 aliphatic rings. The van der Waals surface area contributed by atoms with Gasteiger partial charge < -0.3 is 15.3 Å². The molecule has 16 heteroatoms. The zero-order valence-electron chi connectivity index (χ0n) is 21.8. The predicted molar refractivity (Wildman–Crippen MR) is 141 cm³/mol. The lowest BCUT2D eigenvalue weighted by Crippen LogP contribution is -2.38. The molecule has 2 amide bonds. The number of carbonyl (C=O) groups is 2. The maximum atomic E-state index is 13.8. The Morgan fingerprint density at radius 2 is 1.58 bits per heavy atom. The number of nitrogens with one attached hydrogen (secondary N) is 1. The van der Waals surface area contributed by atoms with Gasteiger partial charge in [0.05, 0.1) is 17.7 Å². The van der Waals surface area contributed by atoms with E-state index in [0.717, 1.165) is 4.68 Å². The largest absolute Gasteiger partial charge is 0.465 e. The van der Waals surface area contributed by atoms with Gasteiger partial charge in [-0.2, -0.15) is 26.3 Å². The summed E-state index contributed by atoms with van der Waals surface area (Å²) in [6, 6.07) is 10.7. The molecule has 43 heavy (non-hydrogen) atoms. The number of carboxylic acid groups (broad SMARTS) is 1. The third-order valence-corrected chi connectivity index (χ3v) is 6.50. The number of alkyl halides is 6. The summed E-state index contributed by atoms with van der Waals surface area (Å²) in [6.07, 6.45) is -8.71. The van der Waals surface area contributed by atoms with Crippen LogP contribution in [0.4, 0.5) is 31.1 Å². The van der Waals surface area contributed by atoms with Crippen molar-refractivity contribution in [2.75, 3.05) is 13.1 Å². The van der Waals surface area contributed by atoms with Crippen LogP contribution >= 0.6 is 11.6 Å². The van der Waals surface area contributed by atoms with Crippen LogP contribution in [-0.4, -0.2) is 55.1 Å². The zero-order chi connectivity index (χ0) is 31.4. The molecule has 2 aromatic heterocycles. The molecule has 0 atom stereocenters. The molecule has 2 heterocycles. The summed E-state index contributed by atoms with van der Waals surface area (Å²) < 4.78 is 81.8. The number of hydrogen-bond donors (Lipinski definition) is 2. The van der Waals surface area contributed by atoms with Gasteiger partial charge in [0.25, 0.3) is 5.91 Å². The first-order valence-electron chi connectivity index (χ1n) is 12.4. The van der Waals surface area contributed by atoms with Crippen LogP contribution in [0.5, 0.6) is 0 Å². The van der Waals surface area contributed by atoms with Crippen molar-refractivity contribution in [3.63, 3.8) is 0 Å². The summed E-state index contributed by atoms with van der Waals surface area (Å²) in [5.74, 6) is -0.745. The van der Waals surface area contributed by atoms with E-state index >= 15 is 0 Å². The van der Waals surface area contributed by atoms with Gasteiger partial charge in [-0.25, -0.2) is 9.48 Å². The molecule has 0 aliphatic heterocycles. The number of amides is 2. The summed E-state index contributed by atoms with van der Waals surface area (Å²) in [6.45, 7) is -0.989. The number of pyridine rings is 1. The van der Waals surface area contributed by atoms with Gasteiger partial charge in [-0.15, -0.1) is 5.10 Å². The lowest BCUT2D eigenvalue weighted by molar-refractivity contribution is -0.143. The number of carbonyl (C=O) groups excluding carboxylic acids is 1. The van der Waals surface area contributed by atoms with E-state index in [0.29, 0.717) is 28.3 Å². The van der Waals surface area contributed by atoms with Crippen LogP contribution in [0.3, 0.4) is 0 Å². The van der Waals surface area contributed by atoms with Crippen LogP contribution in [0.2, 0.25) is 5.02 Å². The standard InChI is InChI=1S/C27H21ClF6N6O3/c28-21-4-2-1-3-18(21)15-39(10-9-36-25(42)43)24(41)22-23(17-5-7-35-8-6-17)40(38-37-22)14-16-11-19(26(29,30)31)13-20(12-16)27(32,33)34/h1-8,11-13,36H,9-10,14-15H2,(H,42,43). The SMILES string of the molecule is O=C(O)NCCN(Cc1ccccc1Cl)C(=O)c1nnn(Cc2cc(C(F)(F)F)cc(C(F)(F)F)c2)c1-c1ccncc1. The first kappa shape index (κ1) is 31.3. The number of halogens is 7. The lowest BCUT2D eigenvalue weighted by atomic mass is 10.0. The van der Waals surface area contributed by atoms with E-state index in [9.17, 15) is 35.9 Å². The molecule has 226 valence electrons. The second kappa shape index (κ2) is 12.7. The first-order chi connectivity index (χ1) is 20.2. The molecule has 0 spiro atoms.